The van der Waals surface area contributed by atoms with Crippen LogP contribution in [-0.4, -0.2) is 23.2 Å². The van der Waals surface area contributed by atoms with Crippen LogP contribution >= 0.6 is 23.8 Å². The van der Waals surface area contributed by atoms with Gasteiger partial charge in [0.2, 0.25) is 0 Å². The molecule has 6 nitrogen and oxygen atoms in total. The van der Waals surface area contributed by atoms with Crippen molar-refractivity contribution < 1.29 is 8.42 Å². The predicted octanol–water partition coefficient (Wildman–Crippen LogP) is 1.99. The van der Waals surface area contributed by atoms with Crippen molar-refractivity contribution in [3.05, 3.63) is 41.2 Å². The molecule has 0 amide bonds. The zero-order chi connectivity index (χ0) is 15.6. The largest absolute Gasteiger partial charge is 0.389 e. The number of nitrogens with one attached hydrogen (secondary N) is 1. The number of aryl methyl sites for hydroxylation is 1. The Morgan fingerprint density at radius 1 is 1.52 bits per heavy atom. The quantitative estimate of drug-likeness (QED) is 0.809. The van der Waals surface area contributed by atoms with Gasteiger partial charge in [0.1, 0.15) is 9.88 Å². The predicted molar refractivity (Wildman–Crippen MR) is 86.0 cm³/mol. The van der Waals surface area contributed by atoms with Crippen molar-refractivity contribution in [1.82, 2.24) is 9.78 Å². The van der Waals surface area contributed by atoms with E-state index in [1.807, 2.05) is 6.92 Å². The van der Waals surface area contributed by atoms with Crippen LogP contribution in [0.1, 0.15) is 12.5 Å². The maximum atomic E-state index is 12.4. The number of anilines is 1. The van der Waals surface area contributed by atoms with E-state index in [1.165, 1.54) is 18.3 Å². The molecule has 2 aromatic rings. The van der Waals surface area contributed by atoms with Crippen molar-refractivity contribution in [2.24, 2.45) is 5.73 Å². The van der Waals surface area contributed by atoms with Crippen molar-refractivity contribution >= 4 is 44.5 Å². The maximum absolute atomic E-state index is 12.4. The molecule has 0 spiro atoms. The molecule has 3 N–H and O–H groups in total. The fourth-order valence-corrected chi connectivity index (χ4v) is 3.34. The maximum Gasteiger partial charge on any atom is 0.263 e. The van der Waals surface area contributed by atoms with Gasteiger partial charge in [-0.05, 0) is 19.1 Å². The molecule has 1 heterocycles. The molecule has 0 bridgehead atoms. The van der Waals surface area contributed by atoms with Gasteiger partial charge in [0, 0.05) is 18.3 Å². The van der Waals surface area contributed by atoms with Crippen molar-refractivity contribution in [2.75, 3.05) is 4.72 Å². The summed E-state index contributed by atoms with van der Waals surface area (Å²) in [6.45, 7) is 2.53. The van der Waals surface area contributed by atoms with Gasteiger partial charge >= 0.3 is 0 Å². The summed E-state index contributed by atoms with van der Waals surface area (Å²) in [5, 5.41) is 4.08. The van der Waals surface area contributed by atoms with Crippen LogP contribution < -0.4 is 10.5 Å². The van der Waals surface area contributed by atoms with Crippen LogP contribution in [0.2, 0.25) is 5.02 Å². The van der Waals surface area contributed by atoms with Crippen LogP contribution in [0.5, 0.6) is 0 Å². The van der Waals surface area contributed by atoms with E-state index in [1.54, 1.807) is 16.9 Å². The highest BCUT2D eigenvalue weighted by Crippen LogP contribution is 2.25. The molecule has 0 radical (unpaired) electrons. The Hall–Kier alpha value is -1.64. The molecule has 21 heavy (non-hydrogen) atoms. The topological polar surface area (TPSA) is 90.0 Å². The molecule has 0 saturated heterocycles. The van der Waals surface area contributed by atoms with Crippen LogP contribution in [0, 0.1) is 0 Å². The number of thiocarbonyl (C=S) groups is 1. The van der Waals surface area contributed by atoms with Crippen molar-refractivity contribution in [1.29, 1.82) is 0 Å². The first-order valence-electron chi connectivity index (χ1n) is 5.98. The molecular formula is C12H13ClN4O2S2. The third-order valence-electron chi connectivity index (χ3n) is 2.71. The van der Waals surface area contributed by atoms with Crippen LogP contribution in [0.4, 0.5) is 5.69 Å². The van der Waals surface area contributed by atoms with Crippen LogP contribution in [-0.2, 0) is 16.6 Å². The molecular weight excluding hydrogens is 332 g/mol. The van der Waals surface area contributed by atoms with E-state index in [2.05, 4.69) is 9.82 Å². The van der Waals surface area contributed by atoms with E-state index >= 15 is 0 Å². The van der Waals surface area contributed by atoms with E-state index in [4.69, 9.17) is 29.6 Å². The first-order chi connectivity index (χ1) is 9.83. The molecule has 0 atom stereocenters. The lowest BCUT2D eigenvalue weighted by molar-refractivity contribution is 0.601. The van der Waals surface area contributed by atoms with Crippen LogP contribution in [0.25, 0.3) is 0 Å². The summed E-state index contributed by atoms with van der Waals surface area (Å²) in [7, 11) is -3.85. The van der Waals surface area contributed by atoms with Gasteiger partial charge in [0.15, 0.2) is 0 Å². The third kappa shape index (κ3) is 3.52. The number of nitrogens with zero attached hydrogens (tertiary/aromatic N) is 2. The first-order valence-corrected chi connectivity index (χ1v) is 8.25. The Bertz CT molecular complexity index is 786. The second kappa shape index (κ2) is 6.00. The minimum absolute atomic E-state index is 0.0845. The van der Waals surface area contributed by atoms with Crippen molar-refractivity contribution in [3.8, 4) is 0 Å². The van der Waals surface area contributed by atoms with E-state index in [9.17, 15) is 8.42 Å². The Morgan fingerprint density at radius 2 is 2.24 bits per heavy atom. The van der Waals surface area contributed by atoms with Crippen molar-refractivity contribution in [3.63, 3.8) is 0 Å². The molecule has 0 fully saturated rings. The van der Waals surface area contributed by atoms with E-state index in [-0.39, 0.29) is 14.9 Å². The summed E-state index contributed by atoms with van der Waals surface area (Å²) in [5.41, 5.74) is 6.29. The molecule has 0 aliphatic rings. The number of benzene rings is 1. The summed E-state index contributed by atoms with van der Waals surface area (Å²) in [6, 6.07) is 4.36. The summed E-state index contributed by atoms with van der Waals surface area (Å²) < 4.78 is 28.8. The fraction of sp³-hybridized carbons (Fsp3) is 0.167. The SMILES string of the molecule is CCn1cc(NS(=O)(=O)c2cc(C(N)=S)ccc2Cl)cn1. The van der Waals surface area contributed by atoms with Gasteiger partial charge in [-0.2, -0.15) is 5.10 Å². The lowest BCUT2D eigenvalue weighted by Crippen LogP contribution is -2.15. The molecule has 9 heteroatoms. The standard InChI is InChI=1S/C12H13ClN4O2S2/c1-2-17-7-9(6-15-17)16-21(18,19)11-5-8(12(14)20)3-4-10(11)13/h3-7,16H,2H2,1H3,(H2,14,20). The smallest absolute Gasteiger partial charge is 0.263 e. The summed E-state index contributed by atoms with van der Waals surface area (Å²) in [6.07, 6.45) is 3.01. The number of rotatable bonds is 5. The van der Waals surface area contributed by atoms with Crippen LogP contribution in [0.15, 0.2) is 35.5 Å². The Labute approximate surface area is 133 Å². The molecule has 0 aliphatic heterocycles. The number of halogens is 1. The zero-order valence-corrected chi connectivity index (χ0v) is 13.5. The highest BCUT2D eigenvalue weighted by atomic mass is 35.5. The molecule has 0 unspecified atom stereocenters. The van der Waals surface area contributed by atoms with Gasteiger partial charge in [-0.3, -0.25) is 9.40 Å². The van der Waals surface area contributed by atoms with Gasteiger partial charge in [-0.1, -0.05) is 29.9 Å². The third-order valence-corrected chi connectivity index (χ3v) is 4.81. The fourth-order valence-electron chi connectivity index (χ4n) is 1.66. The Balaban J connectivity index is 2.39. The minimum Gasteiger partial charge on any atom is -0.389 e. The van der Waals surface area contributed by atoms with Crippen molar-refractivity contribution in [2.45, 2.75) is 18.4 Å². The zero-order valence-electron chi connectivity index (χ0n) is 11.1. The highest BCUT2D eigenvalue weighted by Gasteiger charge is 2.20. The van der Waals surface area contributed by atoms with Gasteiger partial charge in [0.05, 0.1) is 16.9 Å². The van der Waals surface area contributed by atoms with E-state index < -0.39 is 10.0 Å². The summed E-state index contributed by atoms with van der Waals surface area (Å²) in [5.74, 6) is 0. The molecule has 2 rings (SSSR count). The number of aromatic nitrogens is 2. The van der Waals surface area contributed by atoms with E-state index in [0.717, 1.165) is 0 Å². The number of hydrogen-bond acceptors (Lipinski definition) is 4. The lowest BCUT2D eigenvalue weighted by Gasteiger charge is -2.09. The Morgan fingerprint density at radius 3 is 2.81 bits per heavy atom. The molecule has 0 saturated carbocycles. The highest BCUT2D eigenvalue weighted by molar-refractivity contribution is 7.92. The molecule has 1 aromatic heterocycles. The second-order valence-corrected chi connectivity index (χ2v) is 6.70. The monoisotopic (exact) mass is 344 g/mol. The summed E-state index contributed by atoms with van der Waals surface area (Å²) in [4.78, 5) is 0.0145. The van der Waals surface area contributed by atoms with Crippen LogP contribution in [0.3, 0.4) is 0 Å². The number of nitrogens with two attached hydrogens (primary N) is 1. The molecule has 1 aromatic carbocycles. The average molecular weight is 345 g/mol. The summed E-state index contributed by atoms with van der Waals surface area (Å²) >= 11 is 10.8. The number of hydrogen-bond donors (Lipinski definition) is 2. The van der Waals surface area contributed by atoms with Gasteiger partial charge in [-0.15, -0.1) is 0 Å². The second-order valence-electron chi connectivity index (χ2n) is 4.20. The minimum atomic E-state index is -3.85. The molecule has 112 valence electrons. The molecule has 0 aliphatic carbocycles. The van der Waals surface area contributed by atoms with Gasteiger partial charge in [0.25, 0.3) is 10.0 Å². The normalized spacial score (nSPS) is 11.3. The van der Waals surface area contributed by atoms with Gasteiger partial charge < -0.3 is 5.73 Å². The average Bonchev–Trinajstić information content (AvgIpc) is 2.85. The van der Waals surface area contributed by atoms with Gasteiger partial charge in [-0.25, -0.2) is 8.42 Å². The number of sulfonamides is 1. The Kier molecular flexibility index (Phi) is 4.50. The first kappa shape index (κ1) is 15.7. The van der Waals surface area contributed by atoms with E-state index in [0.29, 0.717) is 17.8 Å². The lowest BCUT2D eigenvalue weighted by atomic mass is 10.2.